The monoisotopic (exact) mass is 334 g/mol. The van der Waals surface area contributed by atoms with Crippen molar-refractivity contribution in [1.82, 2.24) is 10.2 Å². The summed E-state index contributed by atoms with van der Waals surface area (Å²) in [4.78, 5) is 23.1. The van der Waals surface area contributed by atoms with Gasteiger partial charge in [-0.25, -0.2) is 0 Å². The van der Waals surface area contributed by atoms with Crippen molar-refractivity contribution >= 4 is 29.2 Å². The molecule has 0 spiro atoms. The Morgan fingerprint density at radius 3 is 2.48 bits per heavy atom. The highest BCUT2D eigenvalue weighted by Gasteiger charge is 2.17. The molecule has 0 saturated heterocycles. The fourth-order valence-electron chi connectivity index (χ4n) is 1.83. The van der Waals surface area contributed by atoms with Crippen LogP contribution in [-0.2, 0) is 4.79 Å². The Morgan fingerprint density at radius 2 is 1.96 bits per heavy atom. The third-order valence-corrected chi connectivity index (χ3v) is 4.31. The van der Waals surface area contributed by atoms with E-state index in [4.69, 9.17) is 0 Å². The van der Waals surface area contributed by atoms with Crippen LogP contribution in [0.15, 0.2) is 35.2 Å². The van der Waals surface area contributed by atoms with E-state index in [1.807, 2.05) is 19.9 Å². The lowest BCUT2D eigenvalue weighted by molar-refractivity contribution is -0.384. The molecule has 2 aromatic rings. The van der Waals surface area contributed by atoms with E-state index < -0.39 is 4.92 Å². The molecular formula is C15H18N4O3S. The highest BCUT2D eigenvalue weighted by atomic mass is 32.2. The van der Waals surface area contributed by atoms with Crippen LogP contribution in [0, 0.1) is 10.1 Å². The number of amides is 1. The second-order valence-electron chi connectivity index (χ2n) is 5.36. The number of nitro benzene ring substituents is 1. The lowest BCUT2D eigenvalue weighted by Crippen LogP contribution is -2.22. The number of benzene rings is 1. The Labute approximate surface area is 138 Å². The maximum atomic E-state index is 12.2. The number of H-pyrrole nitrogens is 1. The van der Waals surface area contributed by atoms with Crippen LogP contribution in [0.4, 0.5) is 11.5 Å². The van der Waals surface area contributed by atoms with E-state index in [2.05, 4.69) is 15.5 Å². The van der Waals surface area contributed by atoms with Gasteiger partial charge in [-0.15, -0.1) is 11.8 Å². The predicted molar refractivity (Wildman–Crippen MR) is 89.7 cm³/mol. The summed E-state index contributed by atoms with van der Waals surface area (Å²) in [7, 11) is 0. The minimum atomic E-state index is -0.450. The second-order valence-corrected chi connectivity index (χ2v) is 6.78. The number of hydrogen-bond acceptors (Lipinski definition) is 5. The molecule has 122 valence electrons. The molecule has 1 aromatic heterocycles. The first-order valence-electron chi connectivity index (χ1n) is 7.14. The molecule has 1 atom stereocenters. The zero-order chi connectivity index (χ0) is 17.0. The van der Waals surface area contributed by atoms with Gasteiger partial charge < -0.3 is 5.32 Å². The molecule has 0 aliphatic rings. The summed E-state index contributed by atoms with van der Waals surface area (Å²) >= 11 is 1.33. The number of carbonyl (C=O) groups excluding carboxylic acids is 1. The van der Waals surface area contributed by atoms with Crippen molar-refractivity contribution in [1.29, 1.82) is 0 Å². The standard InChI is InChI=1S/C15H18N4O3S/c1-9(2)13-8-14(18-17-13)16-15(20)10(3)23-12-6-4-11(5-7-12)19(21)22/h4-10H,1-3H3,(H2,16,17,18,20). The molecule has 23 heavy (non-hydrogen) atoms. The number of anilines is 1. The normalized spacial score (nSPS) is 12.2. The topological polar surface area (TPSA) is 101 Å². The first kappa shape index (κ1) is 17.0. The van der Waals surface area contributed by atoms with Crippen molar-refractivity contribution in [3.8, 4) is 0 Å². The van der Waals surface area contributed by atoms with Crippen LogP contribution in [0.2, 0.25) is 0 Å². The Kier molecular flexibility index (Phi) is 5.38. The van der Waals surface area contributed by atoms with Gasteiger partial charge in [-0.3, -0.25) is 20.0 Å². The number of thioether (sulfide) groups is 1. The first-order chi connectivity index (χ1) is 10.9. The number of non-ortho nitro benzene ring substituents is 1. The summed E-state index contributed by atoms with van der Waals surface area (Å²) in [6, 6.07) is 7.94. The average Bonchev–Trinajstić information content (AvgIpc) is 2.96. The van der Waals surface area contributed by atoms with Crippen LogP contribution in [0.25, 0.3) is 0 Å². The third-order valence-electron chi connectivity index (χ3n) is 3.20. The molecule has 0 fully saturated rings. The minimum absolute atomic E-state index is 0.0317. The van der Waals surface area contributed by atoms with Crippen molar-refractivity contribution in [3.63, 3.8) is 0 Å². The molecule has 1 heterocycles. The molecule has 1 aromatic carbocycles. The Hall–Kier alpha value is -2.35. The van der Waals surface area contributed by atoms with Crippen LogP contribution < -0.4 is 5.32 Å². The molecule has 0 aliphatic heterocycles. The van der Waals surface area contributed by atoms with Gasteiger partial charge in [0.2, 0.25) is 5.91 Å². The van der Waals surface area contributed by atoms with Crippen LogP contribution >= 0.6 is 11.8 Å². The Balaban J connectivity index is 1.95. The third kappa shape index (κ3) is 4.56. The quantitative estimate of drug-likeness (QED) is 0.478. The molecule has 8 heteroatoms. The van der Waals surface area contributed by atoms with Crippen molar-refractivity contribution in [2.24, 2.45) is 0 Å². The van der Waals surface area contributed by atoms with Gasteiger partial charge in [-0.1, -0.05) is 13.8 Å². The maximum absolute atomic E-state index is 12.2. The van der Waals surface area contributed by atoms with Gasteiger partial charge in [-0.2, -0.15) is 5.10 Å². The van der Waals surface area contributed by atoms with Gasteiger partial charge >= 0.3 is 0 Å². The molecule has 2 rings (SSSR count). The highest BCUT2D eigenvalue weighted by Crippen LogP contribution is 2.26. The number of carbonyl (C=O) groups is 1. The number of hydrogen-bond donors (Lipinski definition) is 2. The van der Waals surface area contributed by atoms with Crippen molar-refractivity contribution < 1.29 is 9.72 Å². The summed E-state index contributed by atoms with van der Waals surface area (Å²) in [5, 5.41) is 20.0. The molecular weight excluding hydrogens is 316 g/mol. The lowest BCUT2D eigenvalue weighted by atomic mass is 10.1. The summed E-state index contributed by atoms with van der Waals surface area (Å²) in [6.07, 6.45) is 0. The van der Waals surface area contributed by atoms with E-state index in [1.165, 1.54) is 23.9 Å². The van der Waals surface area contributed by atoms with Crippen LogP contribution in [0.1, 0.15) is 32.4 Å². The van der Waals surface area contributed by atoms with Gasteiger partial charge in [0.15, 0.2) is 5.82 Å². The van der Waals surface area contributed by atoms with E-state index in [0.29, 0.717) is 11.7 Å². The number of aromatic nitrogens is 2. The minimum Gasteiger partial charge on any atom is -0.308 e. The summed E-state index contributed by atoms with van der Waals surface area (Å²) in [5.74, 6) is 0.630. The molecule has 1 unspecified atom stereocenters. The van der Waals surface area contributed by atoms with E-state index in [9.17, 15) is 14.9 Å². The smallest absolute Gasteiger partial charge is 0.269 e. The fourth-order valence-corrected chi connectivity index (χ4v) is 2.70. The molecule has 0 radical (unpaired) electrons. The van der Waals surface area contributed by atoms with Crippen LogP contribution in [0.5, 0.6) is 0 Å². The van der Waals surface area contributed by atoms with Crippen LogP contribution in [0.3, 0.4) is 0 Å². The van der Waals surface area contributed by atoms with Crippen molar-refractivity contribution in [2.75, 3.05) is 5.32 Å². The van der Waals surface area contributed by atoms with Gasteiger partial charge in [0.25, 0.3) is 5.69 Å². The van der Waals surface area contributed by atoms with Gasteiger partial charge in [0.1, 0.15) is 0 Å². The zero-order valence-electron chi connectivity index (χ0n) is 13.1. The van der Waals surface area contributed by atoms with E-state index >= 15 is 0 Å². The maximum Gasteiger partial charge on any atom is 0.269 e. The van der Waals surface area contributed by atoms with Gasteiger partial charge in [0.05, 0.1) is 10.2 Å². The molecule has 1 amide bonds. The Morgan fingerprint density at radius 1 is 1.30 bits per heavy atom. The summed E-state index contributed by atoms with van der Waals surface area (Å²) < 4.78 is 0. The zero-order valence-corrected chi connectivity index (χ0v) is 13.9. The largest absolute Gasteiger partial charge is 0.308 e. The first-order valence-corrected chi connectivity index (χ1v) is 8.02. The number of rotatable bonds is 6. The number of nitrogens with zero attached hydrogens (tertiary/aromatic N) is 2. The predicted octanol–water partition coefficient (Wildman–Crippen LogP) is 3.56. The van der Waals surface area contributed by atoms with Gasteiger partial charge in [-0.05, 0) is 25.0 Å². The molecule has 0 aliphatic carbocycles. The van der Waals surface area contributed by atoms with Gasteiger partial charge in [0, 0.05) is 28.8 Å². The molecule has 7 nitrogen and oxygen atoms in total. The average molecular weight is 334 g/mol. The van der Waals surface area contributed by atoms with Crippen LogP contribution in [-0.4, -0.2) is 26.3 Å². The lowest BCUT2D eigenvalue weighted by Gasteiger charge is -2.10. The van der Waals surface area contributed by atoms with E-state index in [1.54, 1.807) is 19.1 Å². The molecule has 2 N–H and O–H groups in total. The summed E-state index contributed by atoms with van der Waals surface area (Å²) in [5.41, 5.74) is 0.986. The van der Waals surface area contributed by atoms with E-state index in [0.717, 1.165) is 10.6 Å². The number of nitro groups is 1. The fraction of sp³-hybridized carbons (Fsp3) is 0.333. The van der Waals surface area contributed by atoms with E-state index in [-0.39, 0.29) is 16.8 Å². The number of aromatic amines is 1. The number of nitrogens with one attached hydrogen (secondary N) is 2. The molecule has 0 bridgehead atoms. The summed E-state index contributed by atoms with van der Waals surface area (Å²) in [6.45, 7) is 5.84. The Bertz CT molecular complexity index is 697. The van der Waals surface area contributed by atoms with Crippen molar-refractivity contribution in [3.05, 3.63) is 46.1 Å². The highest BCUT2D eigenvalue weighted by molar-refractivity contribution is 8.00. The molecule has 0 saturated carbocycles. The second kappa shape index (κ2) is 7.28. The SMILES string of the molecule is CC(Sc1ccc([N+](=O)[O-])cc1)C(=O)Nc1cc(C(C)C)[nH]n1. The van der Waals surface area contributed by atoms with Crippen molar-refractivity contribution in [2.45, 2.75) is 36.8 Å².